The van der Waals surface area contributed by atoms with Crippen LogP contribution in [0.3, 0.4) is 0 Å². The molecule has 15 heavy (non-hydrogen) atoms. The smallest absolute Gasteiger partial charge is 0.315 e. The summed E-state index contributed by atoms with van der Waals surface area (Å²) in [6.45, 7) is 7.65. The zero-order chi connectivity index (χ0) is 11.7. The second-order valence-electron chi connectivity index (χ2n) is 3.07. The van der Waals surface area contributed by atoms with Gasteiger partial charge in [-0.15, -0.1) is 0 Å². The van der Waals surface area contributed by atoms with E-state index in [1.807, 2.05) is 13.8 Å². The van der Waals surface area contributed by atoms with E-state index in [9.17, 15) is 9.59 Å². The predicted molar refractivity (Wildman–Crippen MR) is 58.4 cm³/mol. The molecule has 0 N–H and O–H groups in total. The normalized spacial score (nSPS) is 14.2. The summed E-state index contributed by atoms with van der Waals surface area (Å²) in [5.41, 5.74) is 0. The van der Waals surface area contributed by atoms with Crippen LogP contribution in [0.1, 0.15) is 40.0 Å². The van der Waals surface area contributed by atoms with Crippen molar-refractivity contribution in [2.24, 2.45) is 0 Å². The van der Waals surface area contributed by atoms with Gasteiger partial charge in [0, 0.05) is 13.1 Å². The molecule has 1 rings (SSSR count). The van der Waals surface area contributed by atoms with Crippen molar-refractivity contribution in [2.45, 2.75) is 40.0 Å². The standard InChI is InChI=1S/C9H15NO3.C2H6/c1-2-13-9(12)7-8(11)10-5-3-4-6-10;1-2/h2-7H2,1H3;1-2H3. The Hall–Kier alpha value is -1.06. The van der Waals surface area contributed by atoms with Gasteiger partial charge in [0.25, 0.3) is 0 Å². The number of amides is 1. The molecule has 1 aliphatic heterocycles. The summed E-state index contributed by atoms with van der Waals surface area (Å²) in [5, 5.41) is 0. The second-order valence-corrected chi connectivity index (χ2v) is 3.07. The van der Waals surface area contributed by atoms with Crippen LogP contribution in [0, 0.1) is 0 Å². The molecule has 0 atom stereocenters. The van der Waals surface area contributed by atoms with Crippen molar-refractivity contribution in [2.75, 3.05) is 19.7 Å². The van der Waals surface area contributed by atoms with Crippen LogP contribution < -0.4 is 0 Å². The number of carbonyl (C=O) groups excluding carboxylic acids is 2. The zero-order valence-corrected chi connectivity index (χ0v) is 9.91. The van der Waals surface area contributed by atoms with Gasteiger partial charge < -0.3 is 9.64 Å². The molecule has 1 aliphatic rings. The number of carbonyl (C=O) groups is 2. The van der Waals surface area contributed by atoms with Crippen LogP contribution in [0.4, 0.5) is 0 Å². The molecule has 0 saturated carbocycles. The third kappa shape index (κ3) is 5.40. The van der Waals surface area contributed by atoms with Gasteiger partial charge >= 0.3 is 5.97 Å². The van der Waals surface area contributed by atoms with E-state index in [0.717, 1.165) is 25.9 Å². The van der Waals surface area contributed by atoms with Crippen LogP contribution in [-0.4, -0.2) is 36.5 Å². The van der Waals surface area contributed by atoms with Crippen LogP contribution in [0.25, 0.3) is 0 Å². The zero-order valence-electron chi connectivity index (χ0n) is 9.91. The Morgan fingerprint density at radius 1 is 1.20 bits per heavy atom. The molecule has 0 aromatic heterocycles. The van der Waals surface area contributed by atoms with Gasteiger partial charge in [0.2, 0.25) is 5.91 Å². The van der Waals surface area contributed by atoms with Crippen LogP contribution in [0.5, 0.6) is 0 Å². The van der Waals surface area contributed by atoms with Crippen LogP contribution in [0.15, 0.2) is 0 Å². The maximum atomic E-state index is 11.4. The first-order valence-electron chi connectivity index (χ1n) is 5.67. The van der Waals surface area contributed by atoms with Crippen LogP contribution in [-0.2, 0) is 14.3 Å². The molecular weight excluding hydrogens is 194 g/mol. The highest BCUT2D eigenvalue weighted by Gasteiger charge is 2.20. The first-order valence-corrected chi connectivity index (χ1v) is 5.67. The Labute approximate surface area is 91.6 Å². The molecule has 0 radical (unpaired) electrons. The number of hydrogen-bond acceptors (Lipinski definition) is 3. The first kappa shape index (κ1) is 13.9. The van der Waals surface area contributed by atoms with Crippen molar-refractivity contribution in [1.82, 2.24) is 4.90 Å². The molecule has 0 bridgehead atoms. The average molecular weight is 215 g/mol. The maximum Gasteiger partial charge on any atom is 0.315 e. The van der Waals surface area contributed by atoms with Gasteiger partial charge in [-0.25, -0.2) is 0 Å². The number of nitrogens with zero attached hydrogens (tertiary/aromatic N) is 1. The van der Waals surface area contributed by atoms with Gasteiger partial charge in [0.15, 0.2) is 0 Å². The fourth-order valence-corrected chi connectivity index (χ4v) is 1.41. The Kier molecular flexibility index (Phi) is 7.68. The minimum absolute atomic E-state index is 0.101. The molecule has 1 heterocycles. The molecule has 4 heteroatoms. The Balaban J connectivity index is 0.000000921. The van der Waals surface area contributed by atoms with Crippen molar-refractivity contribution < 1.29 is 14.3 Å². The average Bonchev–Trinajstić information content (AvgIpc) is 2.74. The fraction of sp³-hybridized carbons (Fsp3) is 0.818. The van der Waals surface area contributed by atoms with Gasteiger partial charge in [-0.2, -0.15) is 0 Å². The molecule has 0 aliphatic carbocycles. The molecule has 0 spiro atoms. The van der Waals surface area contributed by atoms with Gasteiger partial charge in [-0.05, 0) is 19.8 Å². The van der Waals surface area contributed by atoms with E-state index < -0.39 is 5.97 Å². The summed E-state index contributed by atoms with van der Waals surface area (Å²) in [4.78, 5) is 24.0. The summed E-state index contributed by atoms with van der Waals surface area (Å²) >= 11 is 0. The summed E-state index contributed by atoms with van der Waals surface area (Å²) < 4.78 is 4.69. The van der Waals surface area contributed by atoms with Crippen molar-refractivity contribution in [3.63, 3.8) is 0 Å². The van der Waals surface area contributed by atoms with E-state index in [1.54, 1.807) is 11.8 Å². The van der Waals surface area contributed by atoms with Crippen molar-refractivity contribution in [1.29, 1.82) is 0 Å². The second kappa shape index (κ2) is 8.26. The third-order valence-electron chi connectivity index (χ3n) is 2.06. The van der Waals surface area contributed by atoms with Crippen molar-refractivity contribution in [3.8, 4) is 0 Å². The minimum Gasteiger partial charge on any atom is -0.466 e. The summed E-state index contributed by atoms with van der Waals surface area (Å²) in [6, 6.07) is 0. The lowest BCUT2D eigenvalue weighted by Crippen LogP contribution is -2.29. The molecule has 1 saturated heterocycles. The summed E-state index contributed by atoms with van der Waals surface area (Å²) in [7, 11) is 0. The Bertz CT molecular complexity index is 198. The van der Waals surface area contributed by atoms with E-state index in [0.29, 0.717) is 6.61 Å². The van der Waals surface area contributed by atoms with E-state index in [2.05, 4.69) is 4.74 Å². The third-order valence-corrected chi connectivity index (χ3v) is 2.06. The van der Waals surface area contributed by atoms with Crippen LogP contribution in [0.2, 0.25) is 0 Å². The lowest BCUT2D eigenvalue weighted by molar-refractivity contribution is -0.148. The van der Waals surface area contributed by atoms with E-state index in [4.69, 9.17) is 0 Å². The Morgan fingerprint density at radius 3 is 2.20 bits per heavy atom. The largest absolute Gasteiger partial charge is 0.466 e. The quantitative estimate of drug-likeness (QED) is 0.530. The van der Waals surface area contributed by atoms with Crippen molar-refractivity contribution in [3.05, 3.63) is 0 Å². The number of rotatable bonds is 3. The van der Waals surface area contributed by atoms with Gasteiger partial charge in [0.05, 0.1) is 6.61 Å². The number of ether oxygens (including phenoxy) is 1. The molecule has 1 fully saturated rings. The molecular formula is C11H21NO3. The SMILES string of the molecule is CC.CCOC(=O)CC(=O)N1CCCC1. The van der Waals surface area contributed by atoms with E-state index in [-0.39, 0.29) is 12.3 Å². The van der Waals surface area contributed by atoms with Crippen LogP contribution >= 0.6 is 0 Å². The van der Waals surface area contributed by atoms with E-state index in [1.165, 1.54) is 0 Å². The molecule has 4 nitrogen and oxygen atoms in total. The summed E-state index contributed by atoms with van der Waals surface area (Å²) in [6.07, 6.45) is 2.00. The highest BCUT2D eigenvalue weighted by molar-refractivity contribution is 5.94. The monoisotopic (exact) mass is 215 g/mol. The molecule has 0 aromatic rings. The first-order chi connectivity index (χ1) is 7.24. The highest BCUT2D eigenvalue weighted by Crippen LogP contribution is 2.08. The number of likely N-dealkylation sites (tertiary alicyclic amines) is 1. The maximum absolute atomic E-state index is 11.4. The van der Waals surface area contributed by atoms with Crippen molar-refractivity contribution >= 4 is 11.9 Å². The molecule has 0 unspecified atom stereocenters. The van der Waals surface area contributed by atoms with Gasteiger partial charge in [-0.3, -0.25) is 9.59 Å². The number of esters is 1. The van der Waals surface area contributed by atoms with Gasteiger partial charge in [-0.1, -0.05) is 13.8 Å². The minimum atomic E-state index is -0.417. The molecule has 88 valence electrons. The van der Waals surface area contributed by atoms with Gasteiger partial charge in [0.1, 0.15) is 6.42 Å². The lowest BCUT2D eigenvalue weighted by atomic mass is 10.4. The lowest BCUT2D eigenvalue weighted by Gasteiger charge is -2.13. The Morgan fingerprint density at radius 2 is 1.73 bits per heavy atom. The van der Waals surface area contributed by atoms with E-state index >= 15 is 0 Å². The molecule has 0 aromatic carbocycles. The topological polar surface area (TPSA) is 46.6 Å². The molecule has 1 amide bonds. The predicted octanol–water partition coefficient (Wildman–Crippen LogP) is 1.59. The number of hydrogen-bond donors (Lipinski definition) is 0. The highest BCUT2D eigenvalue weighted by atomic mass is 16.5. The summed E-state index contributed by atoms with van der Waals surface area (Å²) in [5.74, 6) is -0.518. The fourth-order valence-electron chi connectivity index (χ4n) is 1.41.